The van der Waals surface area contributed by atoms with Crippen molar-refractivity contribution in [3.63, 3.8) is 0 Å². The third-order valence-electron chi connectivity index (χ3n) is 3.66. The Morgan fingerprint density at radius 1 is 1.22 bits per heavy atom. The fraction of sp³-hybridized carbons (Fsp3) is 0.333. The number of fused-ring (bicyclic) bond motifs is 1. The zero-order valence-electron chi connectivity index (χ0n) is 13.1. The van der Waals surface area contributed by atoms with Crippen molar-refractivity contribution in [2.75, 3.05) is 19.7 Å². The maximum absolute atomic E-state index is 12.6. The van der Waals surface area contributed by atoms with Gasteiger partial charge in [-0.3, -0.25) is 9.78 Å². The zero-order chi connectivity index (χ0) is 16.1. The van der Waals surface area contributed by atoms with Gasteiger partial charge in [-0.1, -0.05) is 25.1 Å². The number of pyridine rings is 1. The van der Waals surface area contributed by atoms with E-state index in [9.17, 15) is 4.79 Å². The van der Waals surface area contributed by atoms with Gasteiger partial charge in [0, 0.05) is 12.7 Å². The zero-order valence-corrected chi connectivity index (χ0v) is 13.1. The molecule has 1 aliphatic rings. The predicted molar refractivity (Wildman–Crippen MR) is 86.8 cm³/mol. The lowest BCUT2D eigenvalue weighted by atomic mass is 10.2. The summed E-state index contributed by atoms with van der Waals surface area (Å²) in [4.78, 5) is 18.6. The molecule has 1 amide bonds. The number of nitrogens with zero attached hydrogens (tertiary/aromatic N) is 2. The molecule has 1 aromatic carbocycles. The van der Waals surface area contributed by atoms with Gasteiger partial charge in [0.25, 0.3) is 5.91 Å². The van der Waals surface area contributed by atoms with E-state index in [1.807, 2.05) is 37.3 Å². The van der Waals surface area contributed by atoms with Crippen molar-refractivity contribution >= 4 is 5.91 Å². The van der Waals surface area contributed by atoms with Gasteiger partial charge in [0.2, 0.25) is 0 Å². The van der Waals surface area contributed by atoms with Crippen LogP contribution < -0.4 is 9.47 Å². The Balaban J connectivity index is 1.70. The number of hydrogen-bond donors (Lipinski definition) is 0. The average molecular weight is 312 g/mol. The molecule has 0 fully saturated rings. The van der Waals surface area contributed by atoms with Crippen molar-refractivity contribution in [3.05, 3.63) is 54.4 Å². The number of aromatic nitrogens is 1. The predicted octanol–water partition coefficient (Wildman–Crippen LogP) is 2.77. The largest absolute Gasteiger partial charge is 0.486 e. The van der Waals surface area contributed by atoms with Gasteiger partial charge in [-0.05, 0) is 30.7 Å². The van der Waals surface area contributed by atoms with Gasteiger partial charge in [-0.15, -0.1) is 0 Å². The third-order valence-corrected chi connectivity index (χ3v) is 3.66. The molecule has 3 rings (SSSR count). The van der Waals surface area contributed by atoms with Crippen LogP contribution in [0.1, 0.15) is 23.8 Å². The first kappa shape index (κ1) is 15.3. The molecule has 5 heteroatoms. The Hall–Kier alpha value is -2.56. The molecule has 0 spiro atoms. The van der Waals surface area contributed by atoms with Crippen LogP contribution in [-0.2, 0) is 0 Å². The summed E-state index contributed by atoms with van der Waals surface area (Å²) in [6, 6.07) is 12.9. The molecule has 5 nitrogen and oxygen atoms in total. The van der Waals surface area contributed by atoms with Crippen molar-refractivity contribution in [2.45, 2.75) is 19.4 Å². The monoisotopic (exact) mass is 312 g/mol. The molecule has 0 bridgehead atoms. The van der Waals surface area contributed by atoms with E-state index in [-0.39, 0.29) is 12.0 Å². The van der Waals surface area contributed by atoms with E-state index < -0.39 is 0 Å². The number of carbonyl (C=O) groups is 1. The van der Waals surface area contributed by atoms with Crippen molar-refractivity contribution in [1.82, 2.24) is 9.88 Å². The normalized spacial score (nSPS) is 16.0. The molecular formula is C18H20N2O3. The van der Waals surface area contributed by atoms with E-state index in [4.69, 9.17) is 9.47 Å². The highest BCUT2D eigenvalue weighted by atomic mass is 16.6. The molecule has 2 heterocycles. The number of ether oxygens (including phenoxy) is 2. The Morgan fingerprint density at radius 3 is 2.74 bits per heavy atom. The van der Waals surface area contributed by atoms with E-state index in [1.165, 1.54) is 0 Å². The highest BCUT2D eigenvalue weighted by molar-refractivity contribution is 5.92. The van der Waals surface area contributed by atoms with Crippen LogP contribution in [0.5, 0.6) is 11.5 Å². The summed E-state index contributed by atoms with van der Waals surface area (Å²) in [6.45, 7) is 3.63. The molecular weight excluding hydrogens is 292 g/mol. The van der Waals surface area contributed by atoms with Gasteiger partial charge in [-0.2, -0.15) is 0 Å². The van der Waals surface area contributed by atoms with E-state index in [0.29, 0.717) is 25.4 Å². The molecule has 0 unspecified atom stereocenters. The average Bonchev–Trinajstić information content (AvgIpc) is 2.61. The molecule has 23 heavy (non-hydrogen) atoms. The fourth-order valence-electron chi connectivity index (χ4n) is 2.60. The molecule has 0 saturated carbocycles. The number of amides is 1. The maximum Gasteiger partial charge on any atom is 0.272 e. The molecule has 1 atom stereocenters. The molecule has 0 aliphatic carbocycles. The van der Waals surface area contributed by atoms with Crippen LogP contribution in [0.3, 0.4) is 0 Å². The minimum absolute atomic E-state index is 0.0742. The van der Waals surface area contributed by atoms with Gasteiger partial charge in [-0.25, -0.2) is 0 Å². The first-order valence-electron chi connectivity index (χ1n) is 7.86. The molecule has 0 N–H and O–H groups in total. The number of carbonyl (C=O) groups excluding carboxylic acids is 1. The van der Waals surface area contributed by atoms with Crippen LogP contribution in [0, 0.1) is 0 Å². The summed E-state index contributed by atoms with van der Waals surface area (Å²) in [6.07, 6.45) is 2.33. The number of benzene rings is 1. The highest BCUT2D eigenvalue weighted by Crippen LogP contribution is 2.31. The highest BCUT2D eigenvalue weighted by Gasteiger charge is 2.26. The quantitative estimate of drug-likeness (QED) is 0.852. The minimum atomic E-state index is -0.177. The van der Waals surface area contributed by atoms with Gasteiger partial charge in [0.15, 0.2) is 17.6 Å². The van der Waals surface area contributed by atoms with Crippen LogP contribution in [0.4, 0.5) is 0 Å². The first-order chi connectivity index (χ1) is 11.3. The Morgan fingerprint density at radius 2 is 2.00 bits per heavy atom. The van der Waals surface area contributed by atoms with Gasteiger partial charge in [0.1, 0.15) is 12.3 Å². The van der Waals surface area contributed by atoms with Crippen molar-refractivity contribution in [3.8, 4) is 11.5 Å². The van der Waals surface area contributed by atoms with Gasteiger partial charge < -0.3 is 14.4 Å². The smallest absolute Gasteiger partial charge is 0.272 e. The third kappa shape index (κ3) is 3.62. The number of rotatable bonds is 5. The second-order valence-corrected chi connectivity index (χ2v) is 5.46. The molecule has 0 radical (unpaired) electrons. The lowest BCUT2D eigenvalue weighted by Crippen LogP contribution is -2.44. The summed E-state index contributed by atoms with van der Waals surface area (Å²) in [7, 11) is 0. The van der Waals surface area contributed by atoms with Crippen LogP contribution in [-0.4, -0.2) is 41.6 Å². The Labute approximate surface area is 135 Å². The topological polar surface area (TPSA) is 51.7 Å². The summed E-state index contributed by atoms with van der Waals surface area (Å²) in [5.41, 5.74) is 0.457. The van der Waals surface area contributed by atoms with E-state index in [0.717, 1.165) is 17.9 Å². The van der Waals surface area contributed by atoms with Gasteiger partial charge >= 0.3 is 0 Å². The maximum atomic E-state index is 12.6. The first-order valence-corrected chi connectivity index (χ1v) is 7.86. The number of hydrogen-bond acceptors (Lipinski definition) is 4. The summed E-state index contributed by atoms with van der Waals surface area (Å²) in [5, 5.41) is 0. The molecule has 0 saturated heterocycles. The Kier molecular flexibility index (Phi) is 4.76. The van der Waals surface area contributed by atoms with E-state index in [2.05, 4.69) is 4.98 Å². The summed E-state index contributed by atoms with van der Waals surface area (Å²) >= 11 is 0. The minimum Gasteiger partial charge on any atom is -0.486 e. The fourth-order valence-corrected chi connectivity index (χ4v) is 2.60. The van der Waals surface area contributed by atoms with Crippen LogP contribution >= 0.6 is 0 Å². The lowest BCUT2D eigenvalue weighted by molar-refractivity contribution is 0.0459. The molecule has 1 aromatic heterocycles. The van der Waals surface area contributed by atoms with Crippen LogP contribution in [0.2, 0.25) is 0 Å². The lowest BCUT2D eigenvalue weighted by Gasteiger charge is -2.31. The summed E-state index contributed by atoms with van der Waals surface area (Å²) < 4.78 is 11.7. The molecule has 2 aromatic rings. The van der Waals surface area contributed by atoms with Crippen molar-refractivity contribution in [1.29, 1.82) is 0 Å². The second-order valence-electron chi connectivity index (χ2n) is 5.46. The number of para-hydroxylation sites is 2. The van der Waals surface area contributed by atoms with E-state index in [1.54, 1.807) is 23.2 Å². The van der Waals surface area contributed by atoms with Gasteiger partial charge in [0.05, 0.1) is 6.54 Å². The standard InChI is InChI=1S/C18H20N2O3/c1-2-11-20(18(21)15-7-5-6-10-19-15)12-14-13-22-16-8-3-4-9-17(16)23-14/h3-10,14H,2,11-13H2,1H3/t14-/m0/s1. The molecule has 1 aliphatic heterocycles. The van der Waals surface area contributed by atoms with Crippen LogP contribution in [0.15, 0.2) is 48.7 Å². The van der Waals surface area contributed by atoms with Crippen LogP contribution in [0.25, 0.3) is 0 Å². The summed E-state index contributed by atoms with van der Waals surface area (Å²) in [5.74, 6) is 1.40. The second kappa shape index (κ2) is 7.13. The SMILES string of the molecule is CCCN(C[C@H]1COc2ccccc2O1)C(=O)c1ccccn1. The Bertz CT molecular complexity index is 660. The van der Waals surface area contributed by atoms with Crippen molar-refractivity contribution < 1.29 is 14.3 Å². The molecule has 120 valence electrons. The van der Waals surface area contributed by atoms with E-state index >= 15 is 0 Å². The van der Waals surface area contributed by atoms with Crippen molar-refractivity contribution in [2.24, 2.45) is 0 Å².